The fourth-order valence-corrected chi connectivity index (χ4v) is 2.97. The van der Waals surface area contributed by atoms with Crippen molar-refractivity contribution >= 4 is 44.0 Å². The summed E-state index contributed by atoms with van der Waals surface area (Å²) in [5.41, 5.74) is 1.33. The van der Waals surface area contributed by atoms with E-state index in [0.29, 0.717) is 0 Å². The zero-order valence-electron chi connectivity index (χ0n) is 7.43. The van der Waals surface area contributed by atoms with E-state index in [2.05, 4.69) is 47.0 Å². The van der Waals surface area contributed by atoms with Crippen LogP contribution in [-0.2, 0) is 0 Å². The summed E-state index contributed by atoms with van der Waals surface area (Å²) in [6.07, 6.45) is 0. The molecule has 0 fully saturated rings. The van der Waals surface area contributed by atoms with Gasteiger partial charge in [0.15, 0.2) is 0 Å². The van der Waals surface area contributed by atoms with Crippen LogP contribution in [0.3, 0.4) is 0 Å². The van der Waals surface area contributed by atoms with Crippen molar-refractivity contribution in [3.63, 3.8) is 0 Å². The molecule has 0 aliphatic rings. The Morgan fingerprint density at radius 1 is 1.38 bits per heavy atom. The molecule has 0 aliphatic carbocycles. The molecule has 0 unspecified atom stereocenters. The molecule has 2 rings (SSSR count). The summed E-state index contributed by atoms with van der Waals surface area (Å²) in [7, 11) is 1.72. The molecular weight excluding hydrogens is 295 g/mol. The van der Waals surface area contributed by atoms with E-state index < -0.39 is 0 Å². The zero-order valence-corrected chi connectivity index (χ0v) is 10.4. The van der Waals surface area contributed by atoms with Crippen LogP contribution in [0.4, 0.5) is 0 Å². The number of fused-ring (bicyclic) bond motifs is 1. The fourth-order valence-electron chi connectivity index (χ4n) is 1.35. The van der Waals surface area contributed by atoms with Gasteiger partial charge in [0.1, 0.15) is 5.75 Å². The molecule has 0 radical (unpaired) electrons. The third-order valence-electron chi connectivity index (χ3n) is 2.02. The van der Waals surface area contributed by atoms with Crippen molar-refractivity contribution in [2.75, 3.05) is 7.11 Å². The topological polar surface area (TPSA) is 9.23 Å². The van der Waals surface area contributed by atoms with E-state index >= 15 is 0 Å². The first-order valence-corrected chi connectivity index (χ1v) is 5.89. The maximum Gasteiger partial charge on any atom is 0.137 e. The summed E-state index contributed by atoms with van der Waals surface area (Å²) in [5, 5.41) is 3.48. The average Bonchev–Trinajstić information content (AvgIpc) is 2.47. The van der Waals surface area contributed by atoms with Crippen molar-refractivity contribution in [1.82, 2.24) is 0 Å². The van der Waals surface area contributed by atoms with Gasteiger partial charge in [0.25, 0.3) is 0 Å². The average molecular weight is 304 g/mol. The Morgan fingerprint density at radius 3 is 2.85 bits per heavy atom. The minimum Gasteiger partial charge on any atom is -0.495 e. The molecule has 68 valence electrons. The molecule has 0 amide bonds. The summed E-state index contributed by atoms with van der Waals surface area (Å²) in [6.45, 7) is 2.13. The van der Waals surface area contributed by atoms with Gasteiger partial charge < -0.3 is 4.74 Å². The molecule has 0 saturated heterocycles. The smallest absolute Gasteiger partial charge is 0.137 e. The van der Waals surface area contributed by atoms with Gasteiger partial charge in [-0.05, 0) is 52.6 Å². The molecule has 0 bridgehead atoms. The van der Waals surface area contributed by atoms with Crippen molar-refractivity contribution in [3.05, 3.63) is 26.6 Å². The molecule has 1 aromatic heterocycles. The van der Waals surface area contributed by atoms with Gasteiger partial charge in [0.2, 0.25) is 0 Å². The van der Waals surface area contributed by atoms with E-state index in [4.69, 9.17) is 4.74 Å². The fraction of sp³-hybridized carbons (Fsp3) is 0.200. The van der Waals surface area contributed by atoms with Crippen LogP contribution in [0, 0.1) is 10.5 Å². The van der Waals surface area contributed by atoms with Gasteiger partial charge in [0, 0.05) is 8.96 Å². The van der Waals surface area contributed by atoms with E-state index in [1.807, 2.05) is 0 Å². The summed E-state index contributed by atoms with van der Waals surface area (Å²) in [4.78, 5) is 0. The van der Waals surface area contributed by atoms with Crippen LogP contribution in [0.1, 0.15) is 5.56 Å². The monoisotopic (exact) mass is 304 g/mol. The first-order valence-electron chi connectivity index (χ1n) is 3.93. The number of thiophene rings is 1. The third kappa shape index (κ3) is 1.55. The quantitative estimate of drug-likeness (QED) is 0.728. The SMILES string of the molecule is COc1cc(I)cc2c(C)csc12. The van der Waals surface area contributed by atoms with E-state index in [0.717, 1.165) is 5.75 Å². The second-order valence-electron chi connectivity index (χ2n) is 2.90. The number of rotatable bonds is 1. The van der Waals surface area contributed by atoms with Crippen LogP contribution in [0.5, 0.6) is 5.75 Å². The molecule has 0 atom stereocenters. The number of halogens is 1. The van der Waals surface area contributed by atoms with Crippen LogP contribution in [0.2, 0.25) is 0 Å². The second-order valence-corrected chi connectivity index (χ2v) is 5.03. The van der Waals surface area contributed by atoms with Crippen molar-refractivity contribution in [3.8, 4) is 5.75 Å². The molecule has 13 heavy (non-hydrogen) atoms. The van der Waals surface area contributed by atoms with E-state index in [-0.39, 0.29) is 0 Å². The predicted molar refractivity (Wildman–Crippen MR) is 65.8 cm³/mol. The minimum atomic E-state index is 0.986. The number of methoxy groups -OCH3 is 1. The zero-order chi connectivity index (χ0) is 9.42. The normalized spacial score (nSPS) is 10.7. The molecule has 3 heteroatoms. The van der Waals surface area contributed by atoms with Crippen LogP contribution in [0.15, 0.2) is 17.5 Å². The molecule has 0 aliphatic heterocycles. The molecule has 0 spiro atoms. The molecule has 1 nitrogen and oxygen atoms in total. The lowest BCUT2D eigenvalue weighted by Gasteiger charge is -2.02. The van der Waals surface area contributed by atoms with Gasteiger partial charge in [-0.2, -0.15) is 0 Å². The lowest BCUT2D eigenvalue weighted by Crippen LogP contribution is -1.83. The van der Waals surface area contributed by atoms with Gasteiger partial charge in [0.05, 0.1) is 11.8 Å². The Morgan fingerprint density at radius 2 is 2.15 bits per heavy atom. The standard InChI is InChI=1S/C10H9IOS/c1-6-5-13-10-8(6)3-7(11)4-9(10)12-2/h3-5H,1-2H3. The van der Waals surface area contributed by atoms with Crippen LogP contribution >= 0.6 is 33.9 Å². The predicted octanol–water partition coefficient (Wildman–Crippen LogP) is 3.82. The van der Waals surface area contributed by atoms with E-state index in [1.165, 1.54) is 19.2 Å². The minimum absolute atomic E-state index is 0.986. The molecular formula is C10H9IOS. The number of benzene rings is 1. The van der Waals surface area contributed by atoms with Gasteiger partial charge in [-0.3, -0.25) is 0 Å². The van der Waals surface area contributed by atoms with Crippen molar-refractivity contribution in [2.45, 2.75) is 6.92 Å². The molecule has 1 aromatic carbocycles. The largest absolute Gasteiger partial charge is 0.495 e. The number of hydrogen-bond donors (Lipinski definition) is 0. The van der Waals surface area contributed by atoms with Gasteiger partial charge >= 0.3 is 0 Å². The summed E-state index contributed by atoms with van der Waals surface area (Å²) < 4.78 is 7.80. The lowest BCUT2D eigenvalue weighted by molar-refractivity contribution is 0.420. The van der Waals surface area contributed by atoms with Crippen LogP contribution in [-0.4, -0.2) is 7.11 Å². The highest BCUT2D eigenvalue weighted by Crippen LogP contribution is 2.34. The van der Waals surface area contributed by atoms with Crippen molar-refractivity contribution in [1.29, 1.82) is 0 Å². The van der Waals surface area contributed by atoms with Crippen LogP contribution in [0.25, 0.3) is 10.1 Å². The Labute approximate surface area is 94.9 Å². The van der Waals surface area contributed by atoms with Gasteiger partial charge in [-0.1, -0.05) is 0 Å². The number of ether oxygens (including phenoxy) is 1. The molecule has 2 aromatic rings. The number of hydrogen-bond acceptors (Lipinski definition) is 2. The highest BCUT2D eigenvalue weighted by atomic mass is 127. The van der Waals surface area contributed by atoms with Gasteiger partial charge in [-0.15, -0.1) is 11.3 Å². The third-order valence-corrected chi connectivity index (χ3v) is 3.77. The number of aryl methyl sites for hydroxylation is 1. The molecule has 0 saturated carbocycles. The van der Waals surface area contributed by atoms with Crippen LogP contribution < -0.4 is 4.74 Å². The van der Waals surface area contributed by atoms with Crippen molar-refractivity contribution in [2.24, 2.45) is 0 Å². The van der Waals surface area contributed by atoms with E-state index in [1.54, 1.807) is 18.4 Å². The second kappa shape index (κ2) is 3.46. The maximum atomic E-state index is 5.33. The Balaban J connectivity index is 2.84. The van der Waals surface area contributed by atoms with E-state index in [9.17, 15) is 0 Å². The van der Waals surface area contributed by atoms with Crippen molar-refractivity contribution < 1.29 is 4.74 Å². The highest BCUT2D eigenvalue weighted by molar-refractivity contribution is 14.1. The summed E-state index contributed by atoms with van der Waals surface area (Å²) >= 11 is 4.06. The maximum absolute atomic E-state index is 5.33. The molecule has 0 N–H and O–H groups in total. The Bertz CT molecular complexity index is 447. The lowest BCUT2D eigenvalue weighted by atomic mass is 10.2. The molecule has 1 heterocycles. The first-order chi connectivity index (χ1) is 6.22. The Hall–Kier alpha value is -0.290. The summed E-state index contributed by atoms with van der Waals surface area (Å²) in [5.74, 6) is 0.986. The first kappa shape index (κ1) is 9.27. The summed E-state index contributed by atoms with van der Waals surface area (Å²) in [6, 6.07) is 4.27. The van der Waals surface area contributed by atoms with Gasteiger partial charge in [-0.25, -0.2) is 0 Å². The Kier molecular flexibility index (Phi) is 2.47. The highest BCUT2D eigenvalue weighted by Gasteiger charge is 2.06.